The first-order chi connectivity index (χ1) is 12.5. The van der Waals surface area contributed by atoms with Gasteiger partial charge in [0.15, 0.2) is 0 Å². The Morgan fingerprint density at radius 2 is 1.92 bits per heavy atom. The average molecular weight is 373 g/mol. The summed E-state index contributed by atoms with van der Waals surface area (Å²) in [6.07, 6.45) is 0.224. The molecule has 0 atom stereocenters. The smallest absolute Gasteiger partial charge is 0.257 e. The lowest BCUT2D eigenvalue weighted by atomic mass is 10.1. The van der Waals surface area contributed by atoms with Crippen LogP contribution >= 0.6 is 11.6 Å². The number of aliphatic hydroxyl groups excluding tert-OH is 1. The largest absolute Gasteiger partial charge is 0.396 e. The van der Waals surface area contributed by atoms with Gasteiger partial charge < -0.3 is 5.11 Å². The zero-order chi connectivity index (χ0) is 18.7. The van der Waals surface area contributed by atoms with Crippen LogP contribution in [0.25, 0.3) is 11.4 Å². The van der Waals surface area contributed by atoms with Crippen LogP contribution in [0, 0.1) is 12.7 Å². The topological polar surface area (TPSA) is 55.1 Å². The number of aliphatic hydroxyl groups is 1. The maximum Gasteiger partial charge on any atom is 0.257 e. The van der Waals surface area contributed by atoms with E-state index >= 15 is 0 Å². The molecule has 134 valence electrons. The molecule has 0 bridgehead atoms. The van der Waals surface area contributed by atoms with Gasteiger partial charge in [0.1, 0.15) is 11.6 Å². The summed E-state index contributed by atoms with van der Waals surface area (Å²) in [5.74, 6) is 0.120. The van der Waals surface area contributed by atoms with Crippen molar-refractivity contribution in [3.05, 3.63) is 86.5 Å². The number of rotatable bonds is 5. The summed E-state index contributed by atoms with van der Waals surface area (Å²) >= 11 is 5.96. The van der Waals surface area contributed by atoms with Crippen molar-refractivity contribution in [3.63, 3.8) is 0 Å². The van der Waals surface area contributed by atoms with E-state index in [9.17, 15) is 14.3 Å². The molecule has 26 heavy (non-hydrogen) atoms. The maximum atomic E-state index is 13.6. The normalized spacial score (nSPS) is 10.9. The molecule has 0 unspecified atom stereocenters. The minimum absolute atomic E-state index is 0.141. The Kier molecular flexibility index (Phi) is 5.49. The third kappa shape index (κ3) is 3.84. The molecule has 0 radical (unpaired) electrons. The van der Waals surface area contributed by atoms with Gasteiger partial charge in [-0.2, -0.15) is 0 Å². The summed E-state index contributed by atoms with van der Waals surface area (Å²) < 4.78 is 15.1. The highest BCUT2D eigenvalue weighted by atomic mass is 35.5. The lowest BCUT2D eigenvalue weighted by Gasteiger charge is -2.16. The minimum atomic E-state index is -0.362. The van der Waals surface area contributed by atoms with Crippen molar-refractivity contribution < 1.29 is 9.50 Å². The van der Waals surface area contributed by atoms with Crippen LogP contribution < -0.4 is 5.56 Å². The van der Waals surface area contributed by atoms with Gasteiger partial charge in [0, 0.05) is 34.9 Å². The second kappa shape index (κ2) is 7.81. The van der Waals surface area contributed by atoms with Gasteiger partial charge in [-0.3, -0.25) is 9.36 Å². The van der Waals surface area contributed by atoms with Crippen LogP contribution in [0.15, 0.2) is 53.3 Å². The van der Waals surface area contributed by atoms with Crippen LogP contribution in [-0.4, -0.2) is 21.3 Å². The van der Waals surface area contributed by atoms with Crippen molar-refractivity contribution in [3.8, 4) is 11.4 Å². The highest BCUT2D eigenvalue weighted by Gasteiger charge is 2.16. The van der Waals surface area contributed by atoms with Crippen molar-refractivity contribution in [1.29, 1.82) is 0 Å². The maximum absolute atomic E-state index is 13.6. The molecule has 1 aromatic heterocycles. The molecule has 1 heterocycles. The first-order valence-corrected chi connectivity index (χ1v) is 8.59. The molecular weight excluding hydrogens is 355 g/mol. The second-order valence-corrected chi connectivity index (χ2v) is 6.44. The summed E-state index contributed by atoms with van der Waals surface area (Å²) in [4.78, 5) is 17.6. The molecule has 0 aliphatic carbocycles. The number of hydrogen-bond donors (Lipinski definition) is 1. The van der Waals surface area contributed by atoms with Crippen molar-refractivity contribution in [2.45, 2.75) is 19.9 Å². The number of halogens is 2. The van der Waals surface area contributed by atoms with Gasteiger partial charge in [0.05, 0.1) is 6.54 Å². The summed E-state index contributed by atoms with van der Waals surface area (Å²) in [6.45, 7) is 1.79. The Hall–Kier alpha value is -2.50. The number of aromatic nitrogens is 2. The van der Waals surface area contributed by atoms with Gasteiger partial charge in [0.2, 0.25) is 0 Å². The van der Waals surface area contributed by atoms with Crippen LogP contribution in [0.3, 0.4) is 0 Å². The molecule has 0 fully saturated rings. The molecule has 0 aliphatic heterocycles. The summed E-state index contributed by atoms with van der Waals surface area (Å²) in [6, 6.07) is 13.1. The second-order valence-electron chi connectivity index (χ2n) is 6.00. The van der Waals surface area contributed by atoms with E-state index in [0.717, 1.165) is 5.56 Å². The van der Waals surface area contributed by atoms with Crippen LogP contribution in [0.4, 0.5) is 4.39 Å². The average Bonchev–Trinajstić information content (AvgIpc) is 2.62. The lowest BCUT2D eigenvalue weighted by Crippen LogP contribution is -2.29. The standard InChI is InChI=1S/C20H18ClFN2O2/c1-13-18(9-10-25)20(26)24(12-14-3-2-4-17(22)11-14)19(23-13)15-5-7-16(21)8-6-15/h2-8,11,25H,9-10,12H2,1H3. The van der Waals surface area contributed by atoms with Gasteiger partial charge in [-0.25, -0.2) is 9.37 Å². The Morgan fingerprint density at radius 3 is 2.58 bits per heavy atom. The molecule has 3 aromatic rings. The highest BCUT2D eigenvalue weighted by Crippen LogP contribution is 2.21. The van der Waals surface area contributed by atoms with E-state index in [1.807, 2.05) is 0 Å². The zero-order valence-corrected chi connectivity index (χ0v) is 15.0. The molecule has 0 aliphatic rings. The molecule has 1 N–H and O–H groups in total. The van der Waals surface area contributed by atoms with Gasteiger partial charge >= 0.3 is 0 Å². The Morgan fingerprint density at radius 1 is 1.19 bits per heavy atom. The van der Waals surface area contributed by atoms with Crippen LogP contribution in [-0.2, 0) is 13.0 Å². The fourth-order valence-corrected chi connectivity index (χ4v) is 3.01. The Labute approximate surface area is 155 Å². The summed E-state index contributed by atoms with van der Waals surface area (Å²) in [7, 11) is 0. The van der Waals surface area contributed by atoms with Crippen LogP contribution in [0.2, 0.25) is 5.02 Å². The van der Waals surface area contributed by atoms with E-state index in [0.29, 0.717) is 27.7 Å². The van der Waals surface area contributed by atoms with E-state index in [1.165, 1.54) is 16.7 Å². The molecule has 4 nitrogen and oxygen atoms in total. The fourth-order valence-electron chi connectivity index (χ4n) is 2.88. The molecule has 0 saturated carbocycles. The number of aryl methyl sites for hydroxylation is 1. The van der Waals surface area contributed by atoms with E-state index < -0.39 is 0 Å². The first-order valence-electron chi connectivity index (χ1n) is 8.21. The molecule has 6 heteroatoms. The lowest BCUT2D eigenvalue weighted by molar-refractivity contribution is 0.298. The van der Waals surface area contributed by atoms with Crippen molar-refractivity contribution >= 4 is 11.6 Å². The summed E-state index contributed by atoms with van der Waals surface area (Å²) in [5, 5.41) is 9.85. The molecular formula is C20H18ClFN2O2. The predicted octanol–water partition coefficient (Wildman–Crippen LogP) is 3.59. The van der Waals surface area contributed by atoms with Crippen LogP contribution in [0.1, 0.15) is 16.8 Å². The van der Waals surface area contributed by atoms with E-state index in [2.05, 4.69) is 4.98 Å². The minimum Gasteiger partial charge on any atom is -0.396 e. The zero-order valence-electron chi connectivity index (χ0n) is 14.2. The molecule has 0 spiro atoms. The molecule has 3 rings (SSSR count). The third-order valence-corrected chi connectivity index (χ3v) is 4.42. The van der Waals surface area contributed by atoms with Gasteiger partial charge in [-0.1, -0.05) is 23.7 Å². The Balaban J connectivity index is 2.19. The summed E-state index contributed by atoms with van der Waals surface area (Å²) in [5.41, 5.74) is 2.19. The van der Waals surface area contributed by atoms with E-state index in [4.69, 9.17) is 11.6 Å². The fraction of sp³-hybridized carbons (Fsp3) is 0.200. The van der Waals surface area contributed by atoms with Gasteiger partial charge in [-0.05, 0) is 48.9 Å². The molecule has 2 aromatic carbocycles. The van der Waals surface area contributed by atoms with Gasteiger partial charge in [-0.15, -0.1) is 0 Å². The monoisotopic (exact) mass is 372 g/mol. The quantitative estimate of drug-likeness (QED) is 0.744. The van der Waals surface area contributed by atoms with Crippen LogP contribution in [0.5, 0.6) is 0 Å². The number of nitrogens with zero attached hydrogens (tertiary/aromatic N) is 2. The number of hydrogen-bond acceptors (Lipinski definition) is 3. The third-order valence-electron chi connectivity index (χ3n) is 4.16. The molecule has 0 saturated heterocycles. The van der Waals surface area contributed by atoms with Crippen molar-refractivity contribution in [2.75, 3.05) is 6.61 Å². The van der Waals surface area contributed by atoms with E-state index in [-0.39, 0.29) is 30.9 Å². The van der Waals surface area contributed by atoms with Crippen molar-refractivity contribution in [2.24, 2.45) is 0 Å². The molecule has 0 amide bonds. The first kappa shape index (κ1) is 18.3. The van der Waals surface area contributed by atoms with E-state index in [1.54, 1.807) is 43.3 Å². The highest BCUT2D eigenvalue weighted by molar-refractivity contribution is 6.30. The van der Waals surface area contributed by atoms with Crippen molar-refractivity contribution in [1.82, 2.24) is 9.55 Å². The Bertz CT molecular complexity index is 984. The predicted molar refractivity (Wildman–Crippen MR) is 100.0 cm³/mol. The SMILES string of the molecule is Cc1nc(-c2ccc(Cl)cc2)n(Cc2cccc(F)c2)c(=O)c1CCO. The van der Waals surface area contributed by atoms with Gasteiger partial charge in [0.25, 0.3) is 5.56 Å². The number of benzene rings is 2.